The second-order valence-corrected chi connectivity index (χ2v) is 4.24. The Morgan fingerprint density at radius 2 is 1.94 bits per heavy atom. The number of pyridine rings is 1. The van der Waals surface area contributed by atoms with Gasteiger partial charge in [-0.05, 0) is 12.8 Å². The van der Waals surface area contributed by atoms with E-state index in [0.29, 0.717) is 5.69 Å². The highest BCUT2D eigenvalue weighted by atomic mass is 19.4. The summed E-state index contributed by atoms with van der Waals surface area (Å²) in [5, 5.41) is 0. The summed E-state index contributed by atoms with van der Waals surface area (Å²) < 4.78 is 43.8. The SMILES string of the molecule is CN(C)c1cncc(C(F)(F)F)c1OC1CC1. The third kappa shape index (κ3) is 2.62. The summed E-state index contributed by atoms with van der Waals surface area (Å²) in [5.41, 5.74) is -0.456. The van der Waals surface area contributed by atoms with Crippen LogP contribution >= 0.6 is 0 Å². The monoisotopic (exact) mass is 246 g/mol. The van der Waals surface area contributed by atoms with Crippen LogP contribution in [0.4, 0.5) is 18.9 Å². The number of aromatic nitrogens is 1. The van der Waals surface area contributed by atoms with Crippen molar-refractivity contribution in [3.63, 3.8) is 0 Å². The smallest absolute Gasteiger partial charge is 0.421 e. The molecule has 0 aromatic carbocycles. The average molecular weight is 246 g/mol. The van der Waals surface area contributed by atoms with Gasteiger partial charge < -0.3 is 9.64 Å². The highest BCUT2D eigenvalue weighted by Crippen LogP contribution is 2.42. The molecule has 1 aromatic heterocycles. The molecule has 1 aromatic rings. The highest BCUT2D eigenvalue weighted by Gasteiger charge is 2.38. The van der Waals surface area contributed by atoms with E-state index in [1.165, 1.54) is 6.20 Å². The summed E-state index contributed by atoms with van der Waals surface area (Å²) in [6, 6.07) is 0. The first kappa shape index (κ1) is 12.0. The first-order chi connectivity index (χ1) is 7.89. The minimum atomic E-state index is -4.44. The van der Waals surface area contributed by atoms with Gasteiger partial charge in [0.05, 0.1) is 18.0 Å². The molecule has 1 aliphatic rings. The van der Waals surface area contributed by atoms with Crippen molar-refractivity contribution in [2.24, 2.45) is 0 Å². The minimum Gasteiger partial charge on any atom is -0.487 e. The topological polar surface area (TPSA) is 25.4 Å². The molecule has 0 bridgehead atoms. The lowest BCUT2D eigenvalue weighted by Crippen LogP contribution is -2.16. The van der Waals surface area contributed by atoms with Crippen LogP contribution in [0.25, 0.3) is 0 Å². The molecule has 1 aliphatic carbocycles. The summed E-state index contributed by atoms with van der Waals surface area (Å²) in [6.45, 7) is 0. The molecule has 0 atom stereocenters. The Hall–Kier alpha value is -1.46. The number of halogens is 3. The van der Waals surface area contributed by atoms with E-state index in [4.69, 9.17) is 4.74 Å². The fraction of sp³-hybridized carbons (Fsp3) is 0.545. The maximum absolute atomic E-state index is 12.8. The second kappa shape index (κ2) is 4.09. The molecule has 0 spiro atoms. The van der Waals surface area contributed by atoms with Crippen LogP contribution in [0.2, 0.25) is 0 Å². The molecule has 1 saturated carbocycles. The van der Waals surface area contributed by atoms with E-state index >= 15 is 0 Å². The summed E-state index contributed by atoms with van der Waals surface area (Å²) >= 11 is 0. The van der Waals surface area contributed by atoms with Crippen molar-refractivity contribution in [1.82, 2.24) is 4.98 Å². The molecule has 2 rings (SSSR count). The molecule has 0 aliphatic heterocycles. The Morgan fingerprint density at radius 3 is 2.41 bits per heavy atom. The molecule has 0 saturated heterocycles. The predicted molar refractivity (Wildman–Crippen MR) is 57.2 cm³/mol. The van der Waals surface area contributed by atoms with Crippen molar-refractivity contribution in [1.29, 1.82) is 0 Å². The first-order valence-corrected chi connectivity index (χ1v) is 5.29. The Morgan fingerprint density at radius 1 is 1.29 bits per heavy atom. The molecule has 1 fully saturated rings. The van der Waals surface area contributed by atoms with Gasteiger partial charge in [-0.3, -0.25) is 4.98 Å². The fourth-order valence-corrected chi connectivity index (χ4v) is 1.43. The van der Waals surface area contributed by atoms with E-state index < -0.39 is 11.7 Å². The number of nitrogens with zero attached hydrogens (tertiary/aromatic N) is 2. The van der Waals surface area contributed by atoms with Crippen molar-refractivity contribution in [2.75, 3.05) is 19.0 Å². The maximum Gasteiger partial charge on any atom is 0.421 e. The van der Waals surface area contributed by atoms with E-state index in [-0.39, 0.29) is 11.9 Å². The van der Waals surface area contributed by atoms with Crippen molar-refractivity contribution in [2.45, 2.75) is 25.1 Å². The molecule has 3 nitrogen and oxygen atoms in total. The van der Waals surface area contributed by atoms with Gasteiger partial charge in [0.2, 0.25) is 0 Å². The van der Waals surface area contributed by atoms with Crippen LogP contribution < -0.4 is 9.64 Å². The fourth-order valence-electron chi connectivity index (χ4n) is 1.43. The van der Waals surface area contributed by atoms with Gasteiger partial charge in [0, 0.05) is 20.3 Å². The van der Waals surface area contributed by atoms with Crippen LogP contribution in [0.5, 0.6) is 5.75 Å². The number of alkyl halides is 3. The highest BCUT2D eigenvalue weighted by molar-refractivity contribution is 5.60. The van der Waals surface area contributed by atoms with Crippen LogP contribution in [-0.2, 0) is 6.18 Å². The molecule has 0 radical (unpaired) electrons. The van der Waals surface area contributed by atoms with Crippen LogP contribution in [0.3, 0.4) is 0 Å². The van der Waals surface area contributed by atoms with E-state index in [1.807, 2.05) is 0 Å². The Kier molecular flexibility index (Phi) is 2.89. The average Bonchev–Trinajstić information content (AvgIpc) is 3.00. The van der Waals surface area contributed by atoms with Gasteiger partial charge in [0.1, 0.15) is 5.56 Å². The van der Waals surface area contributed by atoms with Crippen molar-refractivity contribution >= 4 is 5.69 Å². The van der Waals surface area contributed by atoms with Crippen molar-refractivity contribution in [3.05, 3.63) is 18.0 Å². The number of hydrogen-bond donors (Lipinski definition) is 0. The Labute approximate surface area is 97.2 Å². The van der Waals surface area contributed by atoms with Crippen molar-refractivity contribution in [3.8, 4) is 5.75 Å². The van der Waals surface area contributed by atoms with E-state index in [0.717, 1.165) is 19.0 Å². The number of hydrogen-bond acceptors (Lipinski definition) is 3. The summed E-state index contributed by atoms with van der Waals surface area (Å²) in [7, 11) is 3.33. The zero-order chi connectivity index (χ0) is 12.6. The normalized spacial score (nSPS) is 15.8. The van der Waals surface area contributed by atoms with Gasteiger partial charge in [-0.25, -0.2) is 0 Å². The molecule has 94 valence electrons. The quantitative estimate of drug-likeness (QED) is 0.820. The third-order valence-corrected chi connectivity index (χ3v) is 2.47. The van der Waals surface area contributed by atoms with Gasteiger partial charge in [-0.15, -0.1) is 0 Å². The van der Waals surface area contributed by atoms with E-state index in [9.17, 15) is 13.2 Å². The van der Waals surface area contributed by atoms with Gasteiger partial charge in [-0.2, -0.15) is 13.2 Å². The van der Waals surface area contributed by atoms with Crippen LogP contribution in [0.15, 0.2) is 12.4 Å². The minimum absolute atomic E-state index is 0.0859. The molecule has 0 N–H and O–H groups in total. The van der Waals surface area contributed by atoms with E-state index in [1.54, 1.807) is 19.0 Å². The standard InChI is InChI=1S/C11H13F3N2O/c1-16(2)9-6-15-5-8(11(12,13)14)10(9)17-7-3-4-7/h5-7H,3-4H2,1-2H3. The van der Waals surface area contributed by atoms with Gasteiger partial charge in [0.15, 0.2) is 5.75 Å². The van der Waals surface area contributed by atoms with Crippen LogP contribution in [0.1, 0.15) is 18.4 Å². The van der Waals surface area contributed by atoms with Gasteiger partial charge in [0.25, 0.3) is 0 Å². The number of rotatable bonds is 3. The molecule has 0 amide bonds. The molecule has 17 heavy (non-hydrogen) atoms. The van der Waals surface area contributed by atoms with Gasteiger partial charge in [-0.1, -0.05) is 0 Å². The van der Waals surface area contributed by atoms with Gasteiger partial charge >= 0.3 is 6.18 Å². The largest absolute Gasteiger partial charge is 0.487 e. The lowest BCUT2D eigenvalue weighted by molar-refractivity contribution is -0.139. The zero-order valence-corrected chi connectivity index (χ0v) is 9.58. The maximum atomic E-state index is 12.8. The first-order valence-electron chi connectivity index (χ1n) is 5.29. The lowest BCUT2D eigenvalue weighted by Gasteiger charge is -2.20. The molecule has 0 unspecified atom stereocenters. The molecular formula is C11H13F3N2O. The number of ether oxygens (including phenoxy) is 1. The van der Waals surface area contributed by atoms with Crippen molar-refractivity contribution < 1.29 is 17.9 Å². The van der Waals surface area contributed by atoms with E-state index in [2.05, 4.69) is 4.98 Å². The third-order valence-electron chi connectivity index (χ3n) is 2.47. The van der Waals surface area contributed by atoms with Crippen LogP contribution in [-0.4, -0.2) is 25.2 Å². The summed E-state index contributed by atoms with van der Waals surface area (Å²) in [5.74, 6) is -0.111. The zero-order valence-electron chi connectivity index (χ0n) is 9.58. The molecule has 1 heterocycles. The Bertz CT molecular complexity index is 414. The lowest BCUT2D eigenvalue weighted by atomic mass is 10.2. The summed E-state index contributed by atoms with van der Waals surface area (Å²) in [6.07, 6.45) is -0.711. The molecule has 6 heteroatoms. The predicted octanol–water partition coefficient (Wildman–Crippen LogP) is 2.71. The summed E-state index contributed by atoms with van der Waals surface area (Å²) in [4.78, 5) is 5.19. The Balaban J connectivity index is 2.45. The second-order valence-electron chi connectivity index (χ2n) is 4.24. The molecular weight excluding hydrogens is 233 g/mol. The number of anilines is 1. The van der Waals surface area contributed by atoms with Crippen LogP contribution in [0, 0.1) is 0 Å².